The monoisotopic (exact) mass is 382 g/mol. The molecular formula is C19H24Cl2N2O2. The Kier molecular flexibility index (Phi) is 6.24. The molecule has 0 aliphatic heterocycles. The average molecular weight is 383 g/mol. The predicted molar refractivity (Wildman–Crippen MR) is 101 cm³/mol. The molecule has 1 aromatic carbocycles. The summed E-state index contributed by atoms with van der Waals surface area (Å²) in [5.74, 6) is 0.335. The maximum Gasteiger partial charge on any atom is 0.227 e. The first-order chi connectivity index (χ1) is 12.0. The van der Waals surface area contributed by atoms with Gasteiger partial charge in [0.2, 0.25) is 11.8 Å². The molecule has 0 atom stereocenters. The zero-order valence-corrected chi connectivity index (χ0v) is 15.7. The molecule has 0 heterocycles. The van der Waals surface area contributed by atoms with Crippen molar-refractivity contribution in [3.8, 4) is 0 Å². The molecule has 2 aliphatic carbocycles. The van der Waals surface area contributed by atoms with Crippen molar-refractivity contribution in [2.45, 2.75) is 57.4 Å². The summed E-state index contributed by atoms with van der Waals surface area (Å²) in [5.41, 5.74) is 0.552. The van der Waals surface area contributed by atoms with Crippen LogP contribution < -0.4 is 10.6 Å². The third-order valence-electron chi connectivity index (χ3n) is 5.36. The number of rotatable bonds is 4. The lowest BCUT2D eigenvalue weighted by molar-refractivity contribution is -0.125. The molecule has 0 radical (unpaired) electrons. The number of anilines is 1. The summed E-state index contributed by atoms with van der Waals surface area (Å²) in [5, 5.41) is 7.08. The summed E-state index contributed by atoms with van der Waals surface area (Å²) in [6.45, 7) is 0. The molecule has 25 heavy (non-hydrogen) atoms. The standard InChI is InChI=1S/C19H24Cl2N2O2/c20-14-7-10-16(21)17(11-14)23-19(25)13-5-8-15(9-6-13)22-18(24)12-3-1-2-4-12/h7,10-13,15H,1-6,8-9H2,(H,22,24)(H,23,25). The van der Waals surface area contributed by atoms with E-state index < -0.39 is 0 Å². The van der Waals surface area contributed by atoms with Crippen LogP contribution in [0, 0.1) is 11.8 Å². The van der Waals surface area contributed by atoms with Gasteiger partial charge in [0.15, 0.2) is 0 Å². The molecule has 6 heteroatoms. The van der Waals surface area contributed by atoms with Gasteiger partial charge in [-0.1, -0.05) is 36.0 Å². The quantitative estimate of drug-likeness (QED) is 0.785. The molecule has 3 rings (SSSR count). The fourth-order valence-electron chi connectivity index (χ4n) is 3.84. The van der Waals surface area contributed by atoms with E-state index in [4.69, 9.17) is 23.2 Å². The maximum absolute atomic E-state index is 12.5. The van der Waals surface area contributed by atoms with Gasteiger partial charge in [0.25, 0.3) is 0 Å². The Hall–Kier alpha value is -1.26. The molecule has 0 spiro atoms. The normalized spacial score (nSPS) is 24.1. The Labute approximate surface area is 158 Å². The minimum atomic E-state index is -0.0466. The lowest BCUT2D eigenvalue weighted by atomic mass is 9.85. The van der Waals surface area contributed by atoms with Crippen molar-refractivity contribution in [2.24, 2.45) is 11.8 Å². The fraction of sp³-hybridized carbons (Fsp3) is 0.579. The molecular weight excluding hydrogens is 359 g/mol. The van der Waals surface area contributed by atoms with Crippen molar-refractivity contribution >= 4 is 40.7 Å². The Balaban J connectivity index is 1.47. The van der Waals surface area contributed by atoms with Crippen LogP contribution in [0.25, 0.3) is 0 Å². The van der Waals surface area contributed by atoms with E-state index in [2.05, 4.69) is 10.6 Å². The molecule has 2 amide bonds. The molecule has 2 fully saturated rings. The summed E-state index contributed by atoms with van der Waals surface area (Å²) in [6.07, 6.45) is 7.61. The van der Waals surface area contributed by atoms with Crippen molar-refractivity contribution in [3.05, 3.63) is 28.2 Å². The lowest BCUT2D eigenvalue weighted by Crippen LogP contribution is -2.41. The van der Waals surface area contributed by atoms with Crippen LogP contribution in [0.4, 0.5) is 5.69 Å². The van der Waals surface area contributed by atoms with E-state index in [1.165, 1.54) is 0 Å². The van der Waals surface area contributed by atoms with Crippen molar-refractivity contribution in [2.75, 3.05) is 5.32 Å². The Bertz CT molecular complexity index is 636. The highest BCUT2D eigenvalue weighted by atomic mass is 35.5. The summed E-state index contributed by atoms with van der Waals surface area (Å²) < 4.78 is 0. The first kappa shape index (κ1) is 18.5. The number of carbonyl (C=O) groups excluding carboxylic acids is 2. The van der Waals surface area contributed by atoms with Crippen molar-refractivity contribution < 1.29 is 9.59 Å². The van der Waals surface area contributed by atoms with Crippen molar-refractivity contribution in [1.82, 2.24) is 5.32 Å². The predicted octanol–water partition coefficient (Wildman–Crippen LogP) is 4.80. The SMILES string of the molecule is O=C(Nc1cc(Cl)ccc1Cl)C1CCC(NC(=O)C2CCCC2)CC1. The molecule has 2 N–H and O–H groups in total. The average Bonchev–Trinajstić information content (AvgIpc) is 3.13. The Morgan fingerprint density at radius 1 is 0.880 bits per heavy atom. The zero-order valence-electron chi connectivity index (χ0n) is 14.2. The molecule has 0 unspecified atom stereocenters. The van der Waals surface area contributed by atoms with Gasteiger partial charge in [0.1, 0.15) is 0 Å². The van der Waals surface area contributed by atoms with Gasteiger partial charge in [-0.2, -0.15) is 0 Å². The topological polar surface area (TPSA) is 58.2 Å². The van der Waals surface area contributed by atoms with Crippen LogP contribution in [0.3, 0.4) is 0 Å². The van der Waals surface area contributed by atoms with Gasteiger partial charge < -0.3 is 10.6 Å². The van der Waals surface area contributed by atoms with Crippen molar-refractivity contribution in [1.29, 1.82) is 0 Å². The minimum Gasteiger partial charge on any atom is -0.353 e. The van der Waals surface area contributed by atoms with Gasteiger partial charge in [-0.3, -0.25) is 9.59 Å². The zero-order chi connectivity index (χ0) is 17.8. The lowest BCUT2D eigenvalue weighted by Gasteiger charge is -2.29. The van der Waals surface area contributed by atoms with Crippen LogP contribution in [0.1, 0.15) is 51.4 Å². The summed E-state index contributed by atoms with van der Waals surface area (Å²) in [7, 11) is 0. The second-order valence-electron chi connectivity index (χ2n) is 7.15. The highest BCUT2D eigenvalue weighted by Crippen LogP contribution is 2.30. The van der Waals surface area contributed by atoms with Crippen LogP contribution in [-0.2, 0) is 9.59 Å². The number of carbonyl (C=O) groups is 2. The molecule has 0 aromatic heterocycles. The third-order valence-corrected chi connectivity index (χ3v) is 5.92. The van der Waals surface area contributed by atoms with Gasteiger partial charge in [0, 0.05) is 22.9 Å². The van der Waals surface area contributed by atoms with Gasteiger partial charge in [-0.05, 0) is 56.7 Å². The first-order valence-electron chi connectivity index (χ1n) is 9.09. The molecule has 2 aliphatic rings. The number of halogens is 2. The molecule has 1 aromatic rings. The van der Waals surface area contributed by atoms with E-state index in [0.717, 1.165) is 51.4 Å². The van der Waals surface area contributed by atoms with Crippen LogP contribution in [0.2, 0.25) is 10.0 Å². The number of benzene rings is 1. The second kappa shape index (κ2) is 8.41. The van der Waals surface area contributed by atoms with Crippen molar-refractivity contribution in [3.63, 3.8) is 0 Å². The summed E-state index contributed by atoms with van der Waals surface area (Å²) in [4.78, 5) is 24.7. The van der Waals surface area contributed by atoms with Crippen LogP contribution in [0.15, 0.2) is 18.2 Å². The van der Waals surface area contributed by atoms with Gasteiger partial charge in [-0.25, -0.2) is 0 Å². The molecule has 0 bridgehead atoms. The van der Waals surface area contributed by atoms with Crippen LogP contribution >= 0.6 is 23.2 Å². The van der Waals surface area contributed by atoms with Gasteiger partial charge in [-0.15, -0.1) is 0 Å². The van der Waals surface area contributed by atoms with E-state index >= 15 is 0 Å². The van der Waals surface area contributed by atoms with Gasteiger partial charge in [0.05, 0.1) is 10.7 Å². The van der Waals surface area contributed by atoms with E-state index in [9.17, 15) is 9.59 Å². The molecule has 136 valence electrons. The molecule has 4 nitrogen and oxygen atoms in total. The van der Waals surface area contributed by atoms with E-state index in [-0.39, 0.29) is 29.7 Å². The number of hydrogen-bond acceptors (Lipinski definition) is 2. The highest BCUT2D eigenvalue weighted by molar-refractivity contribution is 6.35. The summed E-state index contributed by atoms with van der Waals surface area (Å²) in [6, 6.07) is 5.23. The Morgan fingerprint density at radius 2 is 1.52 bits per heavy atom. The van der Waals surface area contributed by atoms with Crippen LogP contribution in [-0.4, -0.2) is 17.9 Å². The molecule has 0 saturated heterocycles. The molecule has 2 saturated carbocycles. The van der Waals surface area contributed by atoms with E-state index in [1.54, 1.807) is 18.2 Å². The number of nitrogens with one attached hydrogen (secondary N) is 2. The number of hydrogen-bond donors (Lipinski definition) is 2. The first-order valence-corrected chi connectivity index (χ1v) is 9.85. The fourth-order valence-corrected chi connectivity index (χ4v) is 4.17. The highest BCUT2D eigenvalue weighted by Gasteiger charge is 2.29. The second-order valence-corrected chi connectivity index (χ2v) is 8.00. The van der Waals surface area contributed by atoms with Crippen LogP contribution in [0.5, 0.6) is 0 Å². The Morgan fingerprint density at radius 3 is 2.20 bits per heavy atom. The minimum absolute atomic E-state index is 0.0234. The third kappa shape index (κ3) is 4.89. The summed E-state index contributed by atoms with van der Waals surface area (Å²) >= 11 is 12.1. The van der Waals surface area contributed by atoms with E-state index in [1.807, 2.05) is 0 Å². The largest absolute Gasteiger partial charge is 0.353 e. The van der Waals surface area contributed by atoms with Gasteiger partial charge >= 0.3 is 0 Å². The number of amides is 2. The maximum atomic E-state index is 12.5. The smallest absolute Gasteiger partial charge is 0.227 e. The van der Waals surface area contributed by atoms with E-state index in [0.29, 0.717) is 15.7 Å².